The molecule has 0 N–H and O–H groups in total. The molecule has 0 aliphatic rings. The van der Waals surface area contributed by atoms with Crippen molar-refractivity contribution in [3.63, 3.8) is 0 Å². The highest BCUT2D eigenvalue weighted by Gasteiger charge is 2.20. The molecule has 0 saturated heterocycles. The summed E-state index contributed by atoms with van der Waals surface area (Å²) in [6.07, 6.45) is 1.72. The molecule has 144 valence electrons. The average Bonchev–Trinajstić information content (AvgIpc) is 2.97. The maximum atomic E-state index is 13.4. The first kappa shape index (κ1) is 19.6. The van der Waals surface area contributed by atoms with E-state index >= 15 is 0 Å². The zero-order valence-corrected chi connectivity index (χ0v) is 17.4. The molecule has 5 nitrogen and oxygen atoms in total. The third-order valence-electron chi connectivity index (χ3n) is 4.74. The third kappa shape index (κ3) is 3.64. The number of ether oxygens (including phenoxy) is 2. The van der Waals surface area contributed by atoms with Crippen molar-refractivity contribution < 1.29 is 9.47 Å². The number of hydrogen-bond donors (Lipinski definition) is 0. The largest absolute Gasteiger partial charge is 0.496 e. The van der Waals surface area contributed by atoms with Crippen LogP contribution in [0.1, 0.15) is 29.6 Å². The van der Waals surface area contributed by atoms with Crippen LogP contribution in [-0.4, -0.2) is 30.4 Å². The van der Waals surface area contributed by atoms with Crippen molar-refractivity contribution in [1.29, 1.82) is 0 Å². The Balaban J connectivity index is 2.26. The molecule has 0 amide bonds. The van der Waals surface area contributed by atoms with E-state index in [1.165, 1.54) is 0 Å². The highest BCUT2D eigenvalue weighted by atomic mass is 32.1. The predicted molar refractivity (Wildman–Crippen MR) is 111 cm³/mol. The Bertz CT molecular complexity index is 1020. The van der Waals surface area contributed by atoms with Gasteiger partial charge in [-0.3, -0.25) is 9.36 Å². The number of hydrogen-bond acceptors (Lipinski definition) is 5. The molecule has 0 bridgehead atoms. The molecule has 3 aromatic rings. The monoisotopic (exact) mass is 386 g/mol. The summed E-state index contributed by atoms with van der Waals surface area (Å²) in [5.74, 6) is 1.68. The van der Waals surface area contributed by atoms with Crippen LogP contribution in [-0.2, 0) is 17.7 Å². The molecule has 27 heavy (non-hydrogen) atoms. The summed E-state index contributed by atoms with van der Waals surface area (Å²) in [6, 6.07) is 6.04. The van der Waals surface area contributed by atoms with E-state index in [-0.39, 0.29) is 5.56 Å². The van der Waals surface area contributed by atoms with Crippen LogP contribution >= 0.6 is 11.3 Å². The molecule has 0 unspecified atom stereocenters. The van der Waals surface area contributed by atoms with Gasteiger partial charge >= 0.3 is 0 Å². The maximum absolute atomic E-state index is 13.4. The fourth-order valence-electron chi connectivity index (χ4n) is 3.45. The van der Waals surface area contributed by atoms with Gasteiger partial charge in [-0.25, -0.2) is 4.98 Å². The summed E-state index contributed by atoms with van der Waals surface area (Å²) in [5, 5.41) is 0.707. The van der Waals surface area contributed by atoms with E-state index in [0.29, 0.717) is 18.5 Å². The van der Waals surface area contributed by atoms with E-state index < -0.39 is 0 Å². The molecule has 0 fully saturated rings. The van der Waals surface area contributed by atoms with Crippen molar-refractivity contribution in [3.8, 4) is 16.9 Å². The molecular formula is C21H26N2O3S. The van der Waals surface area contributed by atoms with Gasteiger partial charge in [-0.15, -0.1) is 11.3 Å². The van der Waals surface area contributed by atoms with E-state index in [2.05, 4.69) is 19.9 Å². The van der Waals surface area contributed by atoms with Gasteiger partial charge in [0.2, 0.25) is 0 Å². The Hall–Kier alpha value is -2.18. The van der Waals surface area contributed by atoms with Crippen LogP contribution in [0.3, 0.4) is 0 Å². The molecule has 0 aliphatic carbocycles. The van der Waals surface area contributed by atoms with Crippen LogP contribution in [0.25, 0.3) is 21.3 Å². The number of thiophene rings is 1. The number of methoxy groups -OCH3 is 2. The zero-order chi connectivity index (χ0) is 19.6. The van der Waals surface area contributed by atoms with Gasteiger partial charge in [0.25, 0.3) is 5.56 Å². The molecule has 0 radical (unpaired) electrons. The lowest BCUT2D eigenvalue weighted by Crippen LogP contribution is -2.27. The van der Waals surface area contributed by atoms with Gasteiger partial charge in [-0.05, 0) is 43.5 Å². The Morgan fingerprint density at radius 1 is 1.22 bits per heavy atom. The second-order valence-corrected chi connectivity index (χ2v) is 7.83. The lowest BCUT2D eigenvalue weighted by Gasteiger charge is -2.12. The van der Waals surface area contributed by atoms with E-state index in [1.807, 2.05) is 19.1 Å². The minimum atomic E-state index is 0.0216. The van der Waals surface area contributed by atoms with Crippen LogP contribution in [0.5, 0.6) is 5.75 Å². The summed E-state index contributed by atoms with van der Waals surface area (Å²) >= 11 is 1.59. The molecule has 1 aromatic carbocycles. The molecule has 3 rings (SSSR count). The number of aryl methyl sites for hydroxylation is 3. The van der Waals surface area contributed by atoms with Crippen LogP contribution in [0.15, 0.2) is 23.0 Å². The predicted octanol–water partition coefficient (Wildman–Crippen LogP) is 4.35. The summed E-state index contributed by atoms with van der Waals surface area (Å²) in [6.45, 7) is 7.18. The van der Waals surface area contributed by atoms with E-state index in [4.69, 9.17) is 14.5 Å². The van der Waals surface area contributed by atoms with Crippen LogP contribution in [0, 0.1) is 13.8 Å². The number of benzene rings is 1. The maximum Gasteiger partial charge on any atom is 0.262 e. The fourth-order valence-corrected chi connectivity index (χ4v) is 4.50. The first-order valence-corrected chi connectivity index (χ1v) is 10.00. The van der Waals surface area contributed by atoms with Gasteiger partial charge in [0, 0.05) is 24.0 Å². The third-order valence-corrected chi connectivity index (χ3v) is 5.74. The van der Waals surface area contributed by atoms with Gasteiger partial charge in [0.05, 0.1) is 25.6 Å². The Morgan fingerprint density at radius 2 is 2.00 bits per heavy atom. The van der Waals surface area contributed by atoms with Gasteiger partial charge in [0.15, 0.2) is 0 Å². The van der Waals surface area contributed by atoms with Crippen molar-refractivity contribution in [3.05, 3.63) is 44.8 Å². The number of nitrogens with zero attached hydrogens (tertiary/aromatic N) is 2. The van der Waals surface area contributed by atoms with Gasteiger partial charge < -0.3 is 9.47 Å². The van der Waals surface area contributed by atoms with Gasteiger partial charge in [0.1, 0.15) is 16.4 Å². The van der Waals surface area contributed by atoms with Gasteiger partial charge in [-0.2, -0.15) is 0 Å². The topological polar surface area (TPSA) is 53.3 Å². The molecule has 2 aromatic heterocycles. The average molecular weight is 387 g/mol. The smallest absolute Gasteiger partial charge is 0.262 e. The standard InChI is InChI=1S/C21H26N2O3S/c1-6-7-17-22-20-19(21(24)23(17)10-11-25-4)18(14(3)27-20)15-8-9-16(26-5)13(2)12-15/h8-9,12H,6-7,10-11H2,1-5H3. The number of rotatable bonds is 7. The Labute approximate surface area is 163 Å². The normalized spacial score (nSPS) is 11.3. The first-order valence-electron chi connectivity index (χ1n) is 9.18. The molecular weight excluding hydrogens is 360 g/mol. The van der Waals surface area contributed by atoms with E-state index in [9.17, 15) is 4.79 Å². The first-order chi connectivity index (χ1) is 13.0. The zero-order valence-electron chi connectivity index (χ0n) is 16.6. The molecule has 0 aliphatic heterocycles. The highest BCUT2D eigenvalue weighted by Crippen LogP contribution is 2.37. The van der Waals surface area contributed by atoms with Crippen molar-refractivity contribution >= 4 is 21.6 Å². The SMILES string of the molecule is CCCc1nc2sc(C)c(-c3ccc(OC)c(C)c3)c2c(=O)n1CCOC. The molecule has 6 heteroatoms. The minimum Gasteiger partial charge on any atom is -0.496 e. The fraction of sp³-hybridized carbons (Fsp3) is 0.429. The van der Waals surface area contributed by atoms with E-state index in [0.717, 1.165) is 50.8 Å². The summed E-state index contributed by atoms with van der Waals surface area (Å²) in [7, 11) is 3.32. The van der Waals surface area contributed by atoms with Crippen molar-refractivity contribution in [2.24, 2.45) is 0 Å². The summed E-state index contributed by atoms with van der Waals surface area (Å²) < 4.78 is 12.4. The summed E-state index contributed by atoms with van der Waals surface area (Å²) in [4.78, 5) is 20.2. The second-order valence-electron chi connectivity index (χ2n) is 6.63. The van der Waals surface area contributed by atoms with E-state index in [1.54, 1.807) is 30.1 Å². The second kappa shape index (κ2) is 8.23. The Morgan fingerprint density at radius 3 is 2.63 bits per heavy atom. The lowest BCUT2D eigenvalue weighted by molar-refractivity contribution is 0.185. The van der Waals surface area contributed by atoms with Crippen LogP contribution in [0.4, 0.5) is 0 Å². The molecule has 0 spiro atoms. The number of fused-ring (bicyclic) bond motifs is 1. The van der Waals surface area contributed by atoms with Crippen molar-refractivity contribution in [1.82, 2.24) is 9.55 Å². The van der Waals surface area contributed by atoms with Crippen molar-refractivity contribution in [2.45, 2.75) is 40.2 Å². The van der Waals surface area contributed by atoms with Crippen LogP contribution < -0.4 is 10.3 Å². The Kier molecular flexibility index (Phi) is 5.97. The van der Waals surface area contributed by atoms with Crippen LogP contribution in [0.2, 0.25) is 0 Å². The highest BCUT2D eigenvalue weighted by molar-refractivity contribution is 7.19. The minimum absolute atomic E-state index is 0.0216. The van der Waals surface area contributed by atoms with Gasteiger partial charge in [-0.1, -0.05) is 13.0 Å². The lowest BCUT2D eigenvalue weighted by atomic mass is 10.0. The quantitative estimate of drug-likeness (QED) is 0.606. The molecule has 0 saturated carbocycles. The van der Waals surface area contributed by atoms with Crippen molar-refractivity contribution in [2.75, 3.05) is 20.8 Å². The molecule has 2 heterocycles. The number of aromatic nitrogens is 2. The summed E-state index contributed by atoms with van der Waals surface area (Å²) in [5.41, 5.74) is 3.07. The molecule has 0 atom stereocenters.